The fraction of sp³-hybridized carbons (Fsp3) is 1.00. The van der Waals surface area contributed by atoms with Crippen LogP contribution in [-0.4, -0.2) is 44.3 Å². The molecule has 0 aromatic heterocycles. The van der Waals surface area contributed by atoms with Crippen molar-refractivity contribution in [3.05, 3.63) is 0 Å². The van der Waals surface area contributed by atoms with E-state index in [9.17, 15) is 0 Å². The van der Waals surface area contributed by atoms with Crippen LogP contribution in [0.3, 0.4) is 0 Å². The monoisotopic (exact) mass is 144 g/mol. The number of likely N-dealkylation sites (tertiary alicyclic amines) is 1. The lowest BCUT2D eigenvalue weighted by Gasteiger charge is -2.21. The van der Waals surface area contributed by atoms with E-state index >= 15 is 0 Å². The summed E-state index contributed by atoms with van der Waals surface area (Å²) in [5, 5.41) is 0. The molecule has 1 aliphatic rings. The lowest BCUT2D eigenvalue weighted by molar-refractivity contribution is 0.136. The molecule has 0 bridgehead atoms. The van der Waals surface area contributed by atoms with Crippen molar-refractivity contribution in [3.63, 3.8) is 0 Å². The van der Waals surface area contributed by atoms with Gasteiger partial charge in [-0.05, 0) is 20.0 Å². The molecule has 0 aromatic rings. The molecule has 0 unspecified atom stereocenters. The van der Waals surface area contributed by atoms with Crippen molar-refractivity contribution in [3.8, 4) is 0 Å². The normalized spacial score (nSPS) is 35.1. The average molecular weight is 144 g/mol. The van der Waals surface area contributed by atoms with Crippen LogP contribution in [0.5, 0.6) is 0 Å². The zero-order valence-electron chi connectivity index (χ0n) is 6.76. The fourth-order valence-electron chi connectivity index (χ4n) is 1.51. The molecule has 2 N–H and O–H groups in total. The SMILES string of the molecule is COC[C@@]1(N)CCN(C)C1. The molecular weight excluding hydrogens is 128 g/mol. The van der Waals surface area contributed by atoms with Gasteiger partial charge in [0.2, 0.25) is 0 Å². The highest BCUT2D eigenvalue weighted by molar-refractivity contribution is 4.92. The molecule has 3 nitrogen and oxygen atoms in total. The van der Waals surface area contributed by atoms with Crippen molar-refractivity contribution in [2.75, 3.05) is 33.9 Å². The van der Waals surface area contributed by atoms with Crippen LogP contribution in [0.4, 0.5) is 0 Å². The Hall–Kier alpha value is -0.120. The van der Waals surface area contributed by atoms with Crippen molar-refractivity contribution >= 4 is 0 Å². The van der Waals surface area contributed by atoms with Crippen molar-refractivity contribution in [2.24, 2.45) is 5.73 Å². The first-order valence-electron chi connectivity index (χ1n) is 3.63. The number of rotatable bonds is 2. The summed E-state index contributed by atoms with van der Waals surface area (Å²) in [6.07, 6.45) is 1.05. The van der Waals surface area contributed by atoms with Gasteiger partial charge in [-0.15, -0.1) is 0 Å². The zero-order chi connectivity index (χ0) is 7.61. The lowest BCUT2D eigenvalue weighted by Crippen LogP contribution is -2.46. The predicted molar refractivity (Wildman–Crippen MR) is 40.9 cm³/mol. The lowest BCUT2D eigenvalue weighted by atomic mass is 10.0. The van der Waals surface area contributed by atoms with E-state index < -0.39 is 0 Å². The van der Waals surface area contributed by atoms with Gasteiger partial charge >= 0.3 is 0 Å². The van der Waals surface area contributed by atoms with E-state index in [1.54, 1.807) is 7.11 Å². The van der Waals surface area contributed by atoms with Crippen molar-refractivity contribution in [1.82, 2.24) is 4.90 Å². The molecule has 0 amide bonds. The molecule has 1 atom stereocenters. The molecule has 0 aliphatic carbocycles. The first kappa shape index (κ1) is 7.98. The molecular formula is C7H16N2O. The highest BCUT2D eigenvalue weighted by atomic mass is 16.5. The summed E-state index contributed by atoms with van der Waals surface area (Å²) in [5.41, 5.74) is 5.91. The van der Waals surface area contributed by atoms with E-state index in [1.807, 2.05) is 0 Å². The summed E-state index contributed by atoms with van der Waals surface area (Å²) in [7, 11) is 3.79. The Morgan fingerprint density at radius 2 is 2.40 bits per heavy atom. The van der Waals surface area contributed by atoms with E-state index in [0.29, 0.717) is 6.61 Å². The van der Waals surface area contributed by atoms with Gasteiger partial charge in [-0.25, -0.2) is 0 Å². The minimum absolute atomic E-state index is 0.0799. The number of ether oxygens (including phenoxy) is 1. The highest BCUT2D eigenvalue weighted by Gasteiger charge is 2.32. The first-order valence-corrected chi connectivity index (χ1v) is 3.63. The maximum Gasteiger partial charge on any atom is 0.0655 e. The Morgan fingerprint density at radius 1 is 1.70 bits per heavy atom. The third kappa shape index (κ3) is 1.68. The van der Waals surface area contributed by atoms with Crippen molar-refractivity contribution < 1.29 is 4.74 Å². The van der Waals surface area contributed by atoms with Crippen LogP contribution < -0.4 is 5.73 Å². The molecule has 1 saturated heterocycles. The fourth-order valence-corrected chi connectivity index (χ4v) is 1.51. The van der Waals surface area contributed by atoms with Crippen LogP contribution in [0.1, 0.15) is 6.42 Å². The van der Waals surface area contributed by atoms with Gasteiger partial charge in [0.25, 0.3) is 0 Å². The average Bonchev–Trinajstić information content (AvgIpc) is 2.12. The maximum absolute atomic E-state index is 5.99. The van der Waals surface area contributed by atoms with Gasteiger partial charge in [0, 0.05) is 13.7 Å². The van der Waals surface area contributed by atoms with Crippen LogP contribution in [0.2, 0.25) is 0 Å². The smallest absolute Gasteiger partial charge is 0.0655 e. The zero-order valence-corrected chi connectivity index (χ0v) is 6.76. The molecule has 0 radical (unpaired) electrons. The minimum Gasteiger partial charge on any atom is -0.383 e. The maximum atomic E-state index is 5.99. The second-order valence-electron chi connectivity index (χ2n) is 3.28. The number of hydrogen-bond acceptors (Lipinski definition) is 3. The Bertz CT molecular complexity index is 114. The molecule has 0 saturated carbocycles. The second-order valence-corrected chi connectivity index (χ2v) is 3.28. The van der Waals surface area contributed by atoms with E-state index in [0.717, 1.165) is 19.5 Å². The standard InChI is InChI=1S/C7H16N2O/c1-9-4-3-7(8,5-9)6-10-2/h3-6,8H2,1-2H3/t7-/m1/s1. The number of nitrogens with two attached hydrogens (primary N) is 1. The Labute approximate surface area is 62.1 Å². The van der Waals surface area contributed by atoms with Crippen LogP contribution in [0.25, 0.3) is 0 Å². The van der Waals surface area contributed by atoms with E-state index in [1.165, 1.54) is 0 Å². The van der Waals surface area contributed by atoms with Crippen LogP contribution >= 0.6 is 0 Å². The number of hydrogen-bond donors (Lipinski definition) is 1. The van der Waals surface area contributed by atoms with Gasteiger partial charge in [-0.3, -0.25) is 0 Å². The summed E-state index contributed by atoms with van der Waals surface area (Å²) >= 11 is 0. The summed E-state index contributed by atoms with van der Waals surface area (Å²) in [6, 6.07) is 0. The van der Waals surface area contributed by atoms with Gasteiger partial charge in [-0.2, -0.15) is 0 Å². The molecule has 60 valence electrons. The van der Waals surface area contributed by atoms with Gasteiger partial charge in [0.1, 0.15) is 0 Å². The summed E-state index contributed by atoms with van der Waals surface area (Å²) in [6.45, 7) is 2.73. The molecule has 0 aromatic carbocycles. The topological polar surface area (TPSA) is 38.5 Å². The molecule has 3 heteroatoms. The molecule has 1 aliphatic heterocycles. The van der Waals surface area contributed by atoms with Crippen LogP contribution in [0, 0.1) is 0 Å². The second kappa shape index (κ2) is 2.86. The van der Waals surface area contributed by atoms with Crippen molar-refractivity contribution in [1.29, 1.82) is 0 Å². The van der Waals surface area contributed by atoms with Crippen LogP contribution in [0.15, 0.2) is 0 Å². The number of likely N-dealkylation sites (N-methyl/N-ethyl adjacent to an activating group) is 1. The van der Waals surface area contributed by atoms with Gasteiger partial charge in [0.05, 0.1) is 12.1 Å². The van der Waals surface area contributed by atoms with Gasteiger partial charge in [0.15, 0.2) is 0 Å². The number of methoxy groups -OCH3 is 1. The molecule has 1 rings (SSSR count). The Morgan fingerprint density at radius 3 is 2.80 bits per heavy atom. The quantitative estimate of drug-likeness (QED) is 0.576. The Kier molecular flexibility index (Phi) is 2.28. The van der Waals surface area contributed by atoms with E-state index in [-0.39, 0.29) is 5.54 Å². The molecule has 0 spiro atoms. The minimum atomic E-state index is -0.0799. The molecule has 1 heterocycles. The third-order valence-electron chi connectivity index (χ3n) is 2.01. The van der Waals surface area contributed by atoms with Crippen molar-refractivity contribution in [2.45, 2.75) is 12.0 Å². The third-order valence-corrected chi connectivity index (χ3v) is 2.01. The summed E-state index contributed by atoms with van der Waals surface area (Å²) < 4.78 is 5.03. The number of nitrogens with zero attached hydrogens (tertiary/aromatic N) is 1. The molecule has 1 fully saturated rings. The molecule has 10 heavy (non-hydrogen) atoms. The van der Waals surface area contributed by atoms with Crippen LogP contribution in [-0.2, 0) is 4.74 Å². The van der Waals surface area contributed by atoms with E-state index in [2.05, 4.69) is 11.9 Å². The van der Waals surface area contributed by atoms with Gasteiger partial charge < -0.3 is 15.4 Å². The summed E-state index contributed by atoms with van der Waals surface area (Å²) in [5.74, 6) is 0. The Balaban J connectivity index is 2.38. The van der Waals surface area contributed by atoms with E-state index in [4.69, 9.17) is 10.5 Å². The first-order chi connectivity index (χ1) is 4.66. The highest BCUT2D eigenvalue weighted by Crippen LogP contribution is 2.16. The summed E-state index contributed by atoms with van der Waals surface area (Å²) in [4.78, 5) is 2.24. The van der Waals surface area contributed by atoms with Gasteiger partial charge in [-0.1, -0.05) is 0 Å². The predicted octanol–water partition coefficient (Wildman–Crippen LogP) is -0.334. The largest absolute Gasteiger partial charge is 0.383 e.